The van der Waals surface area contributed by atoms with Gasteiger partial charge in [-0.05, 0) is 78.6 Å². The normalized spacial score (nSPS) is 20.8. The average molecular weight is 568 g/mol. The van der Waals surface area contributed by atoms with Crippen molar-refractivity contribution in [2.75, 3.05) is 44.2 Å². The van der Waals surface area contributed by atoms with Gasteiger partial charge in [0.1, 0.15) is 24.0 Å². The van der Waals surface area contributed by atoms with Crippen molar-refractivity contribution < 1.29 is 22.3 Å². The van der Waals surface area contributed by atoms with Crippen molar-refractivity contribution in [2.45, 2.75) is 51.2 Å². The number of fused-ring (bicyclic) bond motifs is 1. The number of nitrogens with one attached hydrogen (secondary N) is 1. The number of ether oxygens (including phenoxy) is 1. The van der Waals surface area contributed by atoms with E-state index in [4.69, 9.17) is 4.74 Å². The molecule has 2 fully saturated rings. The minimum absolute atomic E-state index is 0.176. The monoisotopic (exact) mass is 567 g/mol. The SMILES string of the molecule is CC(F)(F)CN1CCc2cc(OCc3ccccc3)ccc2C1c1c(F)cc(N2CCC3(CCNC3)CC2)cc1F. The van der Waals surface area contributed by atoms with Gasteiger partial charge in [0.2, 0.25) is 0 Å². The van der Waals surface area contributed by atoms with E-state index in [9.17, 15) is 8.78 Å². The summed E-state index contributed by atoms with van der Waals surface area (Å²) in [7, 11) is 0. The van der Waals surface area contributed by atoms with E-state index in [2.05, 4.69) is 5.32 Å². The summed E-state index contributed by atoms with van der Waals surface area (Å²) in [5, 5.41) is 3.44. The van der Waals surface area contributed by atoms with Crippen LogP contribution in [0, 0.1) is 17.0 Å². The Kier molecular flexibility index (Phi) is 7.72. The second-order valence-corrected chi connectivity index (χ2v) is 12.1. The number of benzene rings is 3. The molecule has 4 nitrogen and oxygen atoms in total. The zero-order chi connectivity index (χ0) is 28.6. The summed E-state index contributed by atoms with van der Waals surface area (Å²) >= 11 is 0. The lowest BCUT2D eigenvalue weighted by atomic mass is 9.77. The molecule has 1 unspecified atom stereocenters. The van der Waals surface area contributed by atoms with Crippen molar-refractivity contribution in [2.24, 2.45) is 5.41 Å². The molecular weight excluding hydrogens is 530 g/mol. The summed E-state index contributed by atoms with van der Waals surface area (Å²) in [4.78, 5) is 3.55. The molecule has 0 aliphatic carbocycles. The van der Waals surface area contributed by atoms with Gasteiger partial charge < -0.3 is 15.0 Å². The van der Waals surface area contributed by atoms with E-state index in [1.54, 1.807) is 12.1 Å². The summed E-state index contributed by atoms with van der Waals surface area (Å²) in [6.45, 7) is 4.40. The van der Waals surface area contributed by atoms with Crippen LogP contribution in [-0.4, -0.2) is 50.1 Å². The molecule has 0 saturated carbocycles. The van der Waals surface area contributed by atoms with E-state index in [0.717, 1.165) is 63.5 Å². The molecule has 3 aromatic carbocycles. The molecule has 0 aromatic heterocycles. The number of halogens is 4. The van der Waals surface area contributed by atoms with E-state index >= 15 is 8.78 Å². The lowest BCUT2D eigenvalue weighted by molar-refractivity contribution is -0.0245. The Morgan fingerprint density at radius 3 is 2.34 bits per heavy atom. The van der Waals surface area contributed by atoms with Gasteiger partial charge in [-0.2, -0.15) is 0 Å². The standard InChI is InChI=1S/C33H37F4N3O/c1-32(36,37)22-40-14-9-24-17-26(41-20-23-5-3-2-4-6-23)7-8-27(24)31(40)30-28(34)18-25(19-29(30)35)39-15-11-33(12-16-39)10-13-38-21-33/h2-8,17-19,31,38H,9-16,20-22H2,1H3. The van der Waals surface area contributed by atoms with E-state index in [-0.39, 0.29) is 17.5 Å². The third-order valence-corrected chi connectivity index (χ3v) is 9.03. The van der Waals surface area contributed by atoms with Crippen molar-refractivity contribution in [3.63, 3.8) is 0 Å². The number of alkyl halides is 2. The predicted octanol–water partition coefficient (Wildman–Crippen LogP) is 6.73. The first-order valence-corrected chi connectivity index (χ1v) is 14.6. The fraction of sp³-hybridized carbons (Fsp3) is 0.455. The predicted molar refractivity (Wildman–Crippen MR) is 153 cm³/mol. The number of rotatable bonds is 7. The van der Waals surface area contributed by atoms with Gasteiger partial charge in [0.05, 0.1) is 12.6 Å². The Morgan fingerprint density at radius 2 is 1.68 bits per heavy atom. The maximum atomic E-state index is 15.9. The minimum Gasteiger partial charge on any atom is -0.489 e. The molecule has 218 valence electrons. The third-order valence-electron chi connectivity index (χ3n) is 9.03. The summed E-state index contributed by atoms with van der Waals surface area (Å²) in [6.07, 6.45) is 3.58. The van der Waals surface area contributed by atoms with Crippen LogP contribution >= 0.6 is 0 Å². The lowest BCUT2D eigenvalue weighted by Gasteiger charge is -2.41. The molecule has 3 aliphatic rings. The maximum absolute atomic E-state index is 15.9. The first kappa shape index (κ1) is 28.0. The molecule has 1 spiro atoms. The quantitative estimate of drug-likeness (QED) is 0.321. The molecular formula is C33H37F4N3O. The number of anilines is 1. The van der Waals surface area contributed by atoms with Crippen LogP contribution in [-0.2, 0) is 13.0 Å². The van der Waals surface area contributed by atoms with Crippen molar-refractivity contribution >= 4 is 5.69 Å². The third kappa shape index (κ3) is 6.09. The molecule has 3 aliphatic heterocycles. The van der Waals surface area contributed by atoms with Gasteiger partial charge in [0, 0.05) is 44.4 Å². The fourth-order valence-corrected chi connectivity index (χ4v) is 6.83. The zero-order valence-electron chi connectivity index (χ0n) is 23.4. The van der Waals surface area contributed by atoms with E-state index < -0.39 is 30.1 Å². The first-order chi connectivity index (χ1) is 19.7. The smallest absolute Gasteiger partial charge is 0.257 e. The molecule has 0 bridgehead atoms. The van der Waals surface area contributed by atoms with E-state index in [1.807, 2.05) is 41.3 Å². The molecule has 3 aromatic rings. The Hall–Kier alpha value is -3.10. The molecule has 1 atom stereocenters. The summed E-state index contributed by atoms with van der Waals surface area (Å²) in [5.74, 6) is -3.78. The van der Waals surface area contributed by atoms with Crippen LogP contribution in [0.3, 0.4) is 0 Å². The largest absolute Gasteiger partial charge is 0.489 e. The van der Waals surface area contributed by atoms with Crippen LogP contribution in [0.15, 0.2) is 60.7 Å². The van der Waals surface area contributed by atoms with Crippen LogP contribution in [0.5, 0.6) is 5.75 Å². The Balaban J connectivity index is 1.28. The highest BCUT2D eigenvalue weighted by atomic mass is 19.3. The summed E-state index contributed by atoms with van der Waals surface area (Å²) in [6, 6.07) is 17.0. The first-order valence-electron chi connectivity index (χ1n) is 14.6. The zero-order valence-corrected chi connectivity index (χ0v) is 23.4. The fourth-order valence-electron chi connectivity index (χ4n) is 6.83. The van der Waals surface area contributed by atoms with E-state index in [1.165, 1.54) is 17.0 Å². The maximum Gasteiger partial charge on any atom is 0.257 e. The average Bonchev–Trinajstić information content (AvgIpc) is 3.40. The molecule has 41 heavy (non-hydrogen) atoms. The van der Waals surface area contributed by atoms with Crippen LogP contribution in [0.2, 0.25) is 0 Å². The summed E-state index contributed by atoms with van der Waals surface area (Å²) in [5.41, 5.74) is 3.13. The van der Waals surface area contributed by atoms with Gasteiger partial charge in [0.25, 0.3) is 5.92 Å². The highest BCUT2D eigenvalue weighted by Crippen LogP contribution is 2.42. The molecule has 8 heteroatoms. The number of piperidine rings is 1. The second-order valence-electron chi connectivity index (χ2n) is 12.1. The summed E-state index contributed by atoms with van der Waals surface area (Å²) < 4.78 is 66.4. The second kappa shape index (κ2) is 11.3. The lowest BCUT2D eigenvalue weighted by Crippen LogP contribution is -2.43. The van der Waals surface area contributed by atoms with Crippen molar-refractivity contribution in [3.8, 4) is 5.75 Å². The molecule has 6 rings (SSSR count). The molecule has 0 radical (unpaired) electrons. The Morgan fingerprint density at radius 1 is 0.951 bits per heavy atom. The van der Waals surface area contributed by atoms with Crippen LogP contribution in [0.25, 0.3) is 0 Å². The number of nitrogens with zero attached hydrogens (tertiary/aromatic N) is 2. The van der Waals surface area contributed by atoms with Gasteiger partial charge in [-0.15, -0.1) is 0 Å². The molecule has 0 amide bonds. The van der Waals surface area contributed by atoms with Crippen molar-refractivity contribution in [1.82, 2.24) is 10.2 Å². The number of hydrogen-bond donors (Lipinski definition) is 1. The topological polar surface area (TPSA) is 27.7 Å². The van der Waals surface area contributed by atoms with Gasteiger partial charge in [-0.3, -0.25) is 4.90 Å². The van der Waals surface area contributed by atoms with Crippen LogP contribution in [0.1, 0.15) is 54.5 Å². The Labute approximate surface area is 239 Å². The molecule has 2 saturated heterocycles. The van der Waals surface area contributed by atoms with Crippen molar-refractivity contribution in [1.29, 1.82) is 0 Å². The van der Waals surface area contributed by atoms with Gasteiger partial charge in [-0.1, -0.05) is 36.4 Å². The van der Waals surface area contributed by atoms with Gasteiger partial charge >= 0.3 is 0 Å². The van der Waals surface area contributed by atoms with Crippen LogP contribution in [0.4, 0.5) is 23.2 Å². The van der Waals surface area contributed by atoms with Gasteiger partial charge in [0.15, 0.2) is 0 Å². The number of hydrogen-bond acceptors (Lipinski definition) is 4. The van der Waals surface area contributed by atoms with Crippen molar-refractivity contribution in [3.05, 3.63) is 94.6 Å². The highest BCUT2D eigenvalue weighted by Gasteiger charge is 2.39. The molecule has 1 N–H and O–H groups in total. The minimum atomic E-state index is -3.01. The van der Waals surface area contributed by atoms with E-state index in [0.29, 0.717) is 30.0 Å². The van der Waals surface area contributed by atoms with Crippen LogP contribution < -0.4 is 15.0 Å². The molecule has 3 heterocycles. The highest BCUT2D eigenvalue weighted by molar-refractivity contribution is 5.52. The van der Waals surface area contributed by atoms with Gasteiger partial charge in [-0.25, -0.2) is 17.6 Å². The Bertz CT molecular complexity index is 1340.